The number of morpholine rings is 1. The Bertz CT molecular complexity index is 430. The van der Waals surface area contributed by atoms with Crippen LogP contribution in [0.1, 0.15) is 12.0 Å². The van der Waals surface area contributed by atoms with E-state index < -0.39 is 0 Å². The largest absolute Gasteiger partial charge is 0.375 e. The fraction of sp³-hybridized carbons (Fsp3) is 0.533. The molecule has 1 saturated heterocycles. The van der Waals surface area contributed by atoms with Crippen LogP contribution in [-0.4, -0.2) is 49.9 Å². The van der Waals surface area contributed by atoms with Crippen molar-refractivity contribution in [2.45, 2.75) is 24.0 Å². The van der Waals surface area contributed by atoms with Crippen LogP contribution in [0.5, 0.6) is 0 Å². The average molecular weight is 294 g/mol. The zero-order valence-electron chi connectivity index (χ0n) is 12.1. The molecule has 110 valence electrons. The summed E-state index contributed by atoms with van der Waals surface area (Å²) in [6.07, 6.45) is 2.52. The standard InChI is InChI=1S/C15H22N2O2S/c1-17(11-12-3-5-14(20-2)6-4-12)15(18)9-13-10-16-7-8-19-13/h3-6,13,16H,7-11H2,1-2H3. The van der Waals surface area contributed by atoms with E-state index in [4.69, 9.17) is 4.74 Å². The second-order valence-electron chi connectivity index (χ2n) is 5.00. The van der Waals surface area contributed by atoms with Crippen molar-refractivity contribution < 1.29 is 9.53 Å². The maximum Gasteiger partial charge on any atom is 0.225 e. The summed E-state index contributed by atoms with van der Waals surface area (Å²) in [7, 11) is 1.85. The highest BCUT2D eigenvalue weighted by atomic mass is 32.2. The Balaban J connectivity index is 1.83. The monoisotopic (exact) mass is 294 g/mol. The van der Waals surface area contributed by atoms with Crippen molar-refractivity contribution in [1.29, 1.82) is 0 Å². The fourth-order valence-corrected chi connectivity index (χ4v) is 2.60. The molecule has 1 amide bonds. The van der Waals surface area contributed by atoms with E-state index in [1.54, 1.807) is 16.7 Å². The van der Waals surface area contributed by atoms with Crippen LogP contribution in [0.25, 0.3) is 0 Å². The van der Waals surface area contributed by atoms with Gasteiger partial charge in [0.05, 0.1) is 19.1 Å². The van der Waals surface area contributed by atoms with Gasteiger partial charge >= 0.3 is 0 Å². The van der Waals surface area contributed by atoms with Gasteiger partial charge in [0.2, 0.25) is 5.91 Å². The first-order valence-corrected chi connectivity index (χ1v) is 8.10. The Morgan fingerprint density at radius 3 is 2.80 bits per heavy atom. The van der Waals surface area contributed by atoms with Gasteiger partial charge in [0.1, 0.15) is 0 Å². The van der Waals surface area contributed by atoms with Crippen molar-refractivity contribution >= 4 is 17.7 Å². The Morgan fingerprint density at radius 1 is 1.45 bits per heavy atom. The van der Waals surface area contributed by atoms with Crippen LogP contribution in [0.4, 0.5) is 0 Å². The van der Waals surface area contributed by atoms with Crippen molar-refractivity contribution in [2.75, 3.05) is 33.0 Å². The summed E-state index contributed by atoms with van der Waals surface area (Å²) in [5.74, 6) is 0.132. The topological polar surface area (TPSA) is 41.6 Å². The van der Waals surface area contributed by atoms with E-state index in [9.17, 15) is 4.79 Å². The highest BCUT2D eigenvalue weighted by molar-refractivity contribution is 7.98. The number of thioether (sulfide) groups is 1. The Kier molecular flexibility index (Phi) is 5.88. The second kappa shape index (κ2) is 7.67. The van der Waals surface area contributed by atoms with Crippen LogP contribution in [0, 0.1) is 0 Å². The minimum atomic E-state index is 0.0116. The van der Waals surface area contributed by atoms with E-state index in [1.807, 2.05) is 7.05 Å². The second-order valence-corrected chi connectivity index (χ2v) is 5.88. The quantitative estimate of drug-likeness (QED) is 0.840. The molecule has 0 aromatic heterocycles. The van der Waals surface area contributed by atoms with Crippen molar-refractivity contribution in [3.05, 3.63) is 29.8 Å². The van der Waals surface area contributed by atoms with E-state index in [2.05, 4.69) is 35.8 Å². The summed E-state index contributed by atoms with van der Waals surface area (Å²) in [5.41, 5.74) is 1.15. The van der Waals surface area contributed by atoms with Crippen LogP contribution in [-0.2, 0) is 16.1 Å². The van der Waals surface area contributed by atoms with Gasteiger partial charge in [-0.25, -0.2) is 0 Å². The molecule has 0 spiro atoms. The van der Waals surface area contributed by atoms with E-state index in [1.165, 1.54) is 4.90 Å². The molecule has 2 rings (SSSR count). The van der Waals surface area contributed by atoms with E-state index >= 15 is 0 Å². The summed E-state index contributed by atoms with van der Waals surface area (Å²) >= 11 is 1.72. The van der Waals surface area contributed by atoms with Gasteiger partial charge in [0.15, 0.2) is 0 Å². The van der Waals surface area contributed by atoms with E-state index in [-0.39, 0.29) is 12.0 Å². The first kappa shape index (κ1) is 15.4. The van der Waals surface area contributed by atoms with Gasteiger partial charge in [-0.3, -0.25) is 4.79 Å². The first-order chi connectivity index (χ1) is 9.69. The lowest BCUT2D eigenvalue weighted by Gasteiger charge is -2.25. The number of nitrogens with one attached hydrogen (secondary N) is 1. The molecule has 1 aliphatic heterocycles. The molecule has 1 fully saturated rings. The molecule has 1 unspecified atom stereocenters. The lowest BCUT2D eigenvalue weighted by atomic mass is 10.2. The van der Waals surface area contributed by atoms with Gasteiger partial charge < -0.3 is 15.0 Å². The molecule has 1 heterocycles. The molecule has 20 heavy (non-hydrogen) atoms. The van der Waals surface area contributed by atoms with Gasteiger partial charge in [-0.05, 0) is 24.0 Å². The van der Waals surface area contributed by atoms with Gasteiger partial charge in [-0.15, -0.1) is 11.8 Å². The summed E-state index contributed by atoms with van der Waals surface area (Å²) in [5, 5.41) is 3.24. The minimum Gasteiger partial charge on any atom is -0.375 e. The van der Waals surface area contributed by atoms with E-state index in [0.29, 0.717) is 19.6 Å². The highest BCUT2D eigenvalue weighted by Gasteiger charge is 2.19. The predicted octanol–water partition coefficient (Wildman–Crippen LogP) is 1.75. The van der Waals surface area contributed by atoms with E-state index in [0.717, 1.165) is 18.7 Å². The van der Waals surface area contributed by atoms with Crippen molar-refractivity contribution in [1.82, 2.24) is 10.2 Å². The van der Waals surface area contributed by atoms with Crippen LogP contribution in [0.2, 0.25) is 0 Å². The predicted molar refractivity (Wildman–Crippen MR) is 81.9 cm³/mol. The van der Waals surface area contributed by atoms with Crippen LogP contribution in [0.15, 0.2) is 29.2 Å². The molecule has 1 atom stereocenters. The van der Waals surface area contributed by atoms with Crippen molar-refractivity contribution in [3.63, 3.8) is 0 Å². The van der Waals surface area contributed by atoms with Crippen molar-refractivity contribution in [3.8, 4) is 0 Å². The SMILES string of the molecule is CSc1ccc(CN(C)C(=O)CC2CNCCO2)cc1. The zero-order valence-corrected chi connectivity index (χ0v) is 12.9. The summed E-state index contributed by atoms with van der Waals surface area (Å²) < 4.78 is 5.57. The Labute approximate surface area is 124 Å². The molecule has 1 aromatic rings. The van der Waals surface area contributed by atoms with Gasteiger partial charge in [-0.1, -0.05) is 12.1 Å². The number of hydrogen-bond donors (Lipinski definition) is 1. The number of hydrogen-bond acceptors (Lipinski definition) is 4. The molecule has 0 aliphatic carbocycles. The third kappa shape index (κ3) is 4.51. The van der Waals surface area contributed by atoms with Gasteiger partial charge in [-0.2, -0.15) is 0 Å². The number of carbonyl (C=O) groups is 1. The number of amides is 1. The molecule has 1 aliphatic rings. The smallest absolute Gasteiger partial charge is 0.225 e. The van der Waals surface area contributed by atoms with Crippen molar-refractivity contribution in [2.24, 2.45) is 0 Å². The lowest BCUT2D eigenvalue weighted by molar-refractivity contribution is -0.133. The van der Waals surface area contributed by atoms with Gasteiger partial charge in [0, 0.05) is 31.6 Å². The normalized spacial score (nSPS) is 18.8. The Morgan fingerprint density at radius 2 is 2.20 bits per heavy atom. The van der Waals surface area contributed by atoms with Crippen LogP contribution < -0.4 is 5.32 Å². The number of ether oxygens (including phenoxy) is 1. The van der Waals surface area contributed by atoms with Crippen LogP contribution in [0.3, 0.4) is 0 Å². The molecule has 5 heteroatoms. The summed E-state index contributed by atoms with van der Waals surface area (Å²) in [6.45, 7) is 2.98. The highest BCUT2D eigenvalue weighted by Crippen LogP contribution is 2.16. The Hall–Kier alpha value is -1.04. The molecule has 4 nitrogen and oxygen atoms in total. The maximum absolute atomic E-state index is 12.2. The molecule has 0 saturated carbocycles. The molecule has 1 N–H and O–H groups in total. The number of carbonyl (C=O) groups excluding carboxylic acids is 1. The molecule has 0 radical (unpaired) electrons. The summed E-state index contributed by atoms with van der Waals surface area (Å²) in [4.78, 5) is 15.2. The zero-order chi connectivity index (χ0) is 14.4. The lowest BCUT2D eigenvalue weighted by Crippen LogP contribution is -2.41. The molecule has 1 aromatic carbocycles. The summed E-state index contributed by atoms with van der Waals surface area (Å²) in [6, 6.07) is 8.33. The number of nitrogens with zero attached hydrogens (tertiary/aromatic N) is 1. The first-order valence-electron chi connectivity index (χ1n) is 6.88. The fourth-order valence-electron chi connectivity index (χ4n) is 2.19. The third-order valence-electron chi connectivity index (χ3n) is 3.41. The average Bonchev–Trinajstić information content (AvgIpc) is 2.49. The molecule has 0 bridgehead atoms. The minimum absolute atomic E-state index is 0.0116. The third-order valence-corrected chi connectivity index (χ3v) is 4.15. The maximum atomic E-state index is 12.2. The van der Waals surface area contributed by atoms with Crippen LogP contribution >= 0.6 is 11.8 Å². The van der Waals surface area contributed by atoms with Gasteiger partial charge in [0.25, 0.3) is 0 Å². The molecular weight excluding hydrogens is 272 g/mol. The molecular formula is C15H22N2O2S. The number of rotatable bonds is 5. The number of benzene rings is 1.